The van der Waals surface area contributed by atoms with Crippen LogP contribution in [0.3, 0.4) is 0 Å². The van der Waals surface area contributed by atoms with E-state index in [0.29, 0.717) is 0 Å². The van der Waals surface area contributed by atoms with E-state index in [0.717, 1.165) is 0 Å². The van der Waals surface area contributed by atoms with Gasteiger partial charge in [-0.3, -0.25) is 14.8 Å². The summed E-state index contributed by atoms with van der Waals surface area (Å²) in [4.78, 5) is 34.5. The molecule has 6 heteroatoms. The van der Waals surface area contributed by atoms with Gasteiger partial charge in [0, 0.05) is 0 Å². The number of ether oxygens (including phenoxy) is 1. The second-order valence-electron chi connectivity index (χ2n) is 4.14. The Balaban J connectivity index is 2.38. The van der Waals surface area contributed by atoms with Gasteiger partial charge in [0.25, 0.3) is 11.8 Å². The molecule has 0 radical (unpaired) electrons. The number of carbonyl (C=O) groups is 3. The van der Waals surface area contributed by atoms with Crippen LogP contribution in [0.15, 0.2) is 18.2 Å². The molecule has 1 aliphatic heterocycles. The number of imide groups is 1. The number of fused-ring (bicyclic) bond motifs is 1. The molecule has 18 heavy (non-hydrogen) atoms. The Morgan fingerprint density at radius 1 is 1.22 bits per heavy atom. The smallest absolute Gasteiger partial charge is 0.338 e. The lowest BCUT2D eigenvalue weighted by atomic mass is 10.1. The number of hydrogen-bond acceptors (Lipinski definition) is 5. The summed E-state index contributed by atoms with van der Waals surface area (Å²) in [7, 11) is 0. The molecule has 0 aliphatic carbocycles. The maximum Gasteiger partial charge on any atom is 0.338 e. The molecule has 2 rings (SSSR count). The number of hydrogen-bond donors (Lipinski definition) is 1. The molecule has 1 N–H and O–H groups in total. The van der Waals surface area contributed by atoms with E-state index < -0.39 is 17.8 Å². The minimum atomic E-state index is -0.839. The highest BCUT2D eigenvalue weighted by atomic mass is 16.5. The Morgan fingerprint density at radius 2 is 1.83 bits per heavy atom. The van der Waals surface area contributed by atoms with Crippen molar-refractivity contribution in [1.29, 1.82) is 0 Å². The summed E-state index contributed by atoms with van der Waals surface area (Å²) in [5, 5.41) is 9.21. The zero-order valence-corrected chi connectivity index (χ0v) is 9.84. The molecular weight excluding hydrogens is 238 g/mol. The highest BCUT2D eigenvalue weighted by Gasteiger charge is 2.35. The van der Waals surface area contributed by atoms with E-state index in [1.165, 1.54) is 18.2 Å². The Bertz CT molecular complexity index is 549. The molecule has 0 saturated heterocycles. The van der Waals surface area contributed by atoms with E-state index in [-0.39, 0.29) is 27.9 Å². The summed E-state index contributed by atoms with van der Waals surface area (Å²) in [5.41, 5.74) is 0.239. The summed E-state index contributed by atoms with van der Waals surface area (Å²) in [5.74, 6) is -2.21. The van der Waals surface area contributed by atoms with E-state index in [4.69, 9.17) is 4.74 Å². The van der Waals surface area contributed by atoms with Crippen LogP contribution in [-0.2, 0) is 4.74 Å². The molecule has 2 amide bonds. The van der Waals surface area contributed by atoms with Crippen LogP contribution in [0, 0.1) is 0 Å². The normalized spacial score (nSPS) is 14.1. The molecule has 1 aromatic rings. The van der Waals surface area contributed by atoms with Gasteiger partial charge in [0.05, 0.1) is 22.8 Å². The summed E-state index contributed by atoms with van der Waals surface area (Å²) in [6.07, 6.45) is -0.280. The summed E-state index contributed by atoms with van der Waals surface area (Å²) < 4.78 is 4.97. The first-order valence-electron chi connectivity index (χ1n) is 5.34. The quantitative estimate of drug-likeness (QED) is 0.484. The molecule has 1 heterocycles. The van der Waals surface area contributed by atoms with Crippen molar-refractivity contribution in [2.75, 3.05) is 0 Å². The largest absolute Gasteiger partial charge is 0.459 e. The third-order valence-corrected chi connectivity index (χ3v) is 2.44. The molecular formula is C12H11NO5. The molecule has 0 saturated carbocycles. The van der Waals surface area contributed by atoms with Crippen molar-refractivity contribution in [3.05, 3.63) is 34.9 Å². The Hall–Kier alpha value is -2.21. The molecule has 1 aromatic carbocycles. The second-order valence-corrected chi connectivity index (χ2v) is 4.14. The zero-order valence-electron chi connectivity index (χ0n) is 9.84. The first kappa shape index (κ1) is 12.3. The van der Waals surface area contributed by atoms with Gasteiger partial charge >= 0.3 is 5.97 Å². The van der Waals surface area contributed by atoms with Crippen molar-refractivity contribution >= 4 is 17.8 Å². The first-order chi connectivity index (χ1) is 8.41. The predicted molar refractivity (Wildman–Crippen MR) is 59.3 cm³/mol. The number of amides is 2. The number of carbonyl (C=O) groups excluding carboxylic acids is 3. The van der Waals surface area contributed by atoms with E-state index in [1.54, 1.807) is 13.8 Å². The van der Waals surface area contributed by atoms with Crippen LogP contribution in [0.4, 0.5) is 0 Å². The Morgan fingerprint density at radius 3 is 2.44 bits per heavy atom. The standard InChI is InChI=1S/C12H11NO5/c1-6(2)18-12(16)7-3-4-8-9(5-7)11(15)13(17)10(8)14/h3-6,17H,1-2H3. The van der Waals surface area contributed by atoms with Crippen molar-refractivity contribution in [2.24, 2.45) is 0 Å². The van der Waals surface area contributed by atoms with Crippen LogP contribution in [0.1, 0.15) is 44.9 Å². The van der Waals surface area contributed by atoms with Crippen molar-refractivity contribution in [3.63, 3.8) is 0 Å². The molecule has 94 valence electrons. The van der Waals surface area contributed by atoms with E-state index in [1.807, 2.05) is 0 Å². The van der Waals surface area contributed by atoms with Gasteiger partial charge in [-0.2, -0.15) is 0 Å². The van der Waals surface area contributed by atoms with Crippen LogP contribution in [0.5, 0.6) is 0 Å². The van der Waals surface area contributed by atoms with Crippen molar-refractivity contribution in [1.82, 2.24) is 5.06 Å². The lowest BCUT2D eigenvalue weighted by molar-refractivity contribution is -0.0327. The van der Waals surface area contributed by atoms with Gasteiger partial charge in [0.2, 0.25) is 0 Å². The number of benzene rings is 1. The lowest BCUT2D eigenvalue weighted by Crippen LogP contribution is -2.25. The van der Waals surface area contributed by atoms with Crippen LogP contribution in [0.2, 0.25) is 0 Å². The van der Waals surface area contributed by atoms with Crippen LogP contribution < -0.4 is 0 Å². The molecule has 0 spiro atoms. The van der Waals surface area contributed by atoms with Crippen LogP contribution in [0.25, 0.3) is 0 Å². The summed E-state index contributed by atoms with van der Waals surface area (Å²) in [6.45, 7) is 3.41. The summed E-state index contributed by atoms with van der Waals surface area (Å²) >= 11 is 0. The molecule has 0 unspecified atom stereocenters. The first-order valence-corrected chi connectivity index (χ1v) is 5.34. The maximum atomic E-state index is 11.6. The number of rotatable bonds is 2. The van der Waals surface area contributed by atoms with Crippen molar-refractivity contribution < 1.29 is 24.3 Å². The van der Waals surface area contributed by atoms with E-state index in [2.05, 4.69) is 0 Å². The molecule has 0 fully saturated rings. The highest BCUT2D eigenvalue weighted by molar-refractivity contribution is 6.20. The minimum absolute atomic E-state index is 0.000654. The fourth-order valence-corrected chi connectivity index (χ4v) is 1.64. The van der Waals surface area contributed by atoms with Gasteiger partial charge in [0.1, 0.15) is 0 Å². The monoisotopic (exact) mass is 249 g/mol. The van der Waals surface area contributed by atoms with Gasteiger partial charge in [-0.25, -0.2) is 4.79 Å². The SMILES string of the molecule is CC(C)OC(=O)c1ccc2c(c1)C(=O)N(O)C2=O. The predicted octanol–water partition coefficient (Wildman–Crippen LogP) is 1.24. The average Bonchev–Trinajstić information content (AvgIpc) is 2.53. The molecule has 6 nitrogen and oxygen atoms in total. The van der Waals surface area contributed by atoms with Crippen LogP contribution in [-0.4, -0.2) is 34.2 Å². The van der Waals surface area contributed by atoms with Gasteiger partial charge in [-0.05, 0) is 32.0 Å². The van der Waals surface area contributed by atoms with Crippen LogP contribution >= 0.6 is 0 Å². The number of esters is 1. The third-order valence-electron chi connectivity index (χ3n) is 2.44. The minimum Gasteiger partial charge on any atom is -0.459 e. The van der Waals surface area contributed by atoms with Crippen molar-refractivity contribution in [3.8, 4) is 0 Å². The zero-order chi connectivity index (χ0) is 13.4. The van der Waals surface area contributed by atoms with Gasteiger partial charge in [-0.1, -0.05) is 0 Å². The molecule has 0 atom stereocenters. The topological polar surface area (TPSA) is 83.9 Å². The Kier molecular flexibility index (Phi) is 2.88. The molecule has 0 bridgehead atoms. The van der Waals surface area contributed by atoms with E-state index in [9.17, 15) is 19.6 Å². The van der Waals surface area contributed by atoms with Crippen molar-refractivity contribution in [2.45, 2.75) is 20.0 Å². The number of nitrogens with zero attached hydrogens (tertiary/aromatic N) is 1. The Labute approximate surface area is 103 Å². The average molecular weight is 249 g/mol. The highest BCUT2D eigenvalue weighted by Crippen LogP contribution is 2.22. The van der Waals surface area contributed by atoms with Gasteiger partial charge < -0.3 is 4.74 Å². The van der Waals surface area contributed by atoms with Gasteiger partial charge in [-0.15, -0.1) is 5.06 Å². The third kappa shape index (κ3) is 1.86. The summed E-state index contributed by atoms with van der Waals surface area (Å²) in [6, 6.07) is 3.95. The van der Waals surface area contributed by atoms with Gasteiger partial charge in [0.15, 0.2) is 0 Å². The molecule has 0 aromatic heterocycles. The molecule has 1 aliphatic rings. The second kappa shape index (κ2) is 4.23. The maximum absolute atomic E-state index is 11.6. The number of hydroxylamine groups is 2. The lowest BCUT2D eigenvalue weighted by Gasteiger charge is -2.07. The fourth-order valence-electron chi connectivity index (χ4n) is 1.64. The van der Waals surface area contributed by atoms with E-state index >= 15 is 0 Å². The fraction of sp³-hybridized carbons (Fsp3) is 0.250.